The largest absolute Gasteiger partial charge is 0.458 e. The topological polar surface area (TPSA) is 157 Å². The summed E-state index contributed by atoms with van der Waals surface area (Å²) in [4.78, 5) is 38.2. The number of fused-ring (bicyclic) bond motifs is 3. The number of hydrazone groups is 1. The highest BCUT2D eigenvalue weighted by Gasteiger charge is 2.44. The smallest absolute Gasteiger partial charge is 0.336 e. The van der Waals surface area contributed by atoms with E-state index in [0.29, 0.717) is 22.2 Å². The van der Waals surface area contributed by atoms with Crippen LogP contribution >= 0.6 is 22.9 Å². The van der Waals surface area contributed by atoms with Crippen molar-refractivity contribution in [2.75, 3.05) is 7.05 Å². The lowest BCUT2D eigenvalue weighted by Gasteiger charge is -2.11. The van der Waals surface area contributed by atoms with E-state index in [1.165, 1.54) is 35.8 Å². The number of esters is 1. The number of nitrogens with zero attached hydrogens (tertiary/aromatic N) is 3. The third-order valence-electron chi connectivity index (χ3n) is 5.81. The van der Waals surface area contributed by atoms with Gasteiger partial charge in [0.05, 0.1) is 24.4 Å². The molecular weight excluding hydrogens is 524 g/mol. The number of guanidine groups is 1. The van der Waals surface area contributed by atoms with Gasteiger partial charge in [0, 0.05) is 35.7 Å². The number of amides is 1. The van der Waals surface area contributed by atoms with Gasteiger partial charge in [0.1, 0.15) is 5.10 Å². The average Bonchev–Trinajstić information content (AvgIpc) is 3.60. The molecule has 3 heterocycles. The third kappa shape index (κ3) is 6.24. The van der Waals surface area contributed by atoms with Gasteiger partial charge in [-0.2, -0.15) is 0 Å². The number of hydrogen-bond donors (Lipinski definition) is 3. The van der Waals surface area contributed by atoms with Crippen LogP contribution in [0, 0.1) is 16.0 Å². The zero-order valence-electron chi connectivity index (χ0n) is 19.8. The number of benzene rings is 1. The number of carbonyl (C=O) groups excluding carboxylic acids is 2. The van der Waals surface area contributed by atoms with Crippen molar-refractivity contribution in [3.63, 3.8) is 0 Å². The highest BCUT2D eigenvalue weighted by Crippen LogP contribution is 2.44. The van der Waals surface area contributed by atoms with Crippen molar-refractivity contribution in [1.29, 1.82) is 0 Å². The molecule has 14 heteroatoms. The number of aromatic nitrogens is 1. The molecule has 0 unspecified atom stereocenters. The molecule has 37 heavy (non-hydrogen) atoms. The van der Waals surface area contributed by atoms with Crippen LogP contribution in [-0.4, -0.2) is 41.2 Å². The van der Waals surface area contributed by atoms with Gasteiger partial charge in [-0.25, -0.2) is 19.9 Å². The lowest BCUT2D eigenvalue weighted by atomic mass is 9.97. The normalized spacial score (nSPS) is 22.8. The minimum Gasteiger partial charge on any atom is -0.458 e. The summed E-state index contributed by atoms with van der Waals surface area (Å²) in [7, 11) is 1.54. The zero-order chi connectivity index (χ0) is 26.5. The van der Waals surface area contributed by atoms with E-state index in [0.717, 1.165) is 11.3 Å². The van der Waals surface area contributed by atoms with E-state index < -0.39 is 11.3 Å². The summed E-state index contributed by atoms with van der Waals surface area (Å²) in [5.74, 6) is -0.337. The Morgan fingerprint density at radius 2 is 2.22 bits per heavy atom. The monoisotopic (exact) mass is 546 g/mol. The second-order valence-electron chi connectivity index (χ2n) is 8.16. The summed E-state index contributed by atoms with van der Waals surface area (Å²) in [6.07, 6.45) is 4.72. The molecule has 5 rings (SSSR count). The van der Waals surface area contributed by atoms with Crippen molar-refractivity contribution in [3.8, 4) is 0 Å². The molecule has 1 aromatic heterocycles. The highest BCUT2D eigenvalue weighted by molar-refractivity contribution is 7.15. The maximum absolute atomic E-state index is 12.1. The van der Waals surface area contributed by atoms with E-state index in [-0.39, 0.29) is 29.8 Å². The predicted octanol–water partition coefficient (Wildman–Crippen LogP) is 2.41. The average molecular weight is 547 g/mol. The maximum atomic E-state index is 12.1. The van der Waals surface area contributed by atoms with Crippen molar-refractivity contribution in [2.45, 2.75) is 32.2 Å². The van der Waals surface area contributed by atoms with Gasteiger partial charge in [-0.1, -0.05) is 35.9 Å². The second kappa shape index (κ2) is 11.4. The van der Waals surface area contributed by atoms with Gasteiger partial charge in [-0.3, -0.25) is 4.79 Å². The van der Waals surface area contributed by atoms with Crippen molar-refractivity contribution < 1.29 is 24.1 Å². The molecule has 0 radical (unpaired) electrons. The Labute approximate surface area is 220 Å². The van der Waals surface area contributed by atoms with E-state index >= 15 is 0 Å². The first-order valence-electron chi connectivity index (χ1n) is 11.1. The van der Waals surface area contributed by atoms with E-state index in [1.54, 1.807) is 19.2 Å². The van der Waals surface area contributed by atoms with Crippen molar-refractivity contribution in [2.24, 2.45) is 11.0 Å². The summed E-state index contributed by atoms with van der Waals surface area (Å²) < 4.78 is 10.9. The number of carbonyl (C=O) groups is 2. The molecule has 3 aliphatic rings. The van der Waals surface area contributed by atoms with Crippen LogP contribution in [0.1, 0.15) is 29.0 Å². The molecule has 3 N–H and O–H groups in total. The fourth-order valence-corrected chi connectivity index (χ4v) is 5.02. The maximum Gasteiger partial charge on any atom is 0.336 e. The predicted molar refractivity (Wildman–Crippen MR) is 135 cm³/mol. The Balaban J connectivity index is 0.000000188. The van der Waals surface area contributed by atoms with E-state index in [1.807, 2.05) is 12.1 Å². The molecule has 194 valence electrons. The molecule has 1 saturated heterocycles. The fourth-order valence-electron chi connectivity index (χ4n) is 4.10. The first kappa shape index (κ1) is 26.1. The lowest BCUT2D eigenvalue weighted by Crippen LogP contribution is -2.34. The number of hydrogen-bond acceptors (Lipinski definition) is 8. The number of rotatable bonds is 5. The molecule has 3 atom stereocenters. The van der Waals surface area contributed by atoms with Gasteiger partial charge < -0.3 is 25.4 Å². The molecule has 1 amide bonds. The van der Waals surface area contributed by atoms with Gasteiger partial charge in [0.2, 0.25) is 0 Å². The van der Waals surface area contributed by atoms with Crippen LogP contribution in [0.5, 0.6) is 0 Å². The summed E-state index contributed by atoms with van der Waals surface area (Å²) in [6, 6.07) is 8.14. The van der Waals surface area contributed by atoms with E-state index in [4.69, 9.17) is 21.1 Å². The SMILES string of the molecule is CC1=C[C@H](O/C=C2/C(=O)N[C@@H]3c4ccccc4C[C@H]23)OC1=O.CN/C(=N\[N+](=O)[O-])NCc1cnc(Cl)s1. The molecular formula is C23H23ClN6O6S. The van der Waals surface area contributed by atoms with Crippen LogP contribution in [0.4, 0.5) is 0 Å². The van der Waals surface area contributed by atoms with Gasteiger partial charge in [-0.05, 0) is 24.5 Å². The Morgan fingerprint density at radius 3 is 2.86 bits per heavy atom. The van der Waals surface area contributed by atoms with Gasteiger partial charge in [-0.15, -0.1) is 11.3 Å². The molecule has 1 fully saturated rings. The van der Waals surface area contributed by atoms with Gasteiger partial charge >= 0.3 is 5.97 Å². The summed E-state index contributed by atoms with van der Waals surface area (Å²) in [5.41, 5.74) is 3.55. The molecule has 0 spiro atoms. The second-order valence-corrected chi connectivity index (χ2v) is 9.86. The standard InChI is InChI=1S/C17H15NO4.C6H8ClN5O2S/c1-9-6-14(22-17(9)20)21-8-13-12-7-10-4-2-3-5-11(10)15(12)18-16(13)19;1-8-6(11-12(13)14)10-3-4-2-9-5(7)15-4/h2-6,8,12,14-15H,7H2,1H3,(H,18,19);2H,3H2,1H3,(H2,8,10,11)/b13-8+;/t12-,14-,15-;/m1./s1. The molecule has 2 aliphatic heterocycles. The Hall–Kier alpha value is -3.97. The minimum atomic E-state index is -0.779. The summed E-state index contributed by atoms with van der Waals surface area (Å²) >= 11 is 6.92. The number of nitrogens with one attached hydrogen (secondary N) is 3. The first-order chi connectivity index (χ1) is 17.7. The lowest BCUT2D eigenvalue weighted by molar-refractivity contribution is -0.485. The minimum absolute atomic E-state index is 0.0157. The molecule has 1 aliphatic carbocycles. The quantitative estimate of drug-likeness (QED) is 0.0974. The van der Waals surface area contributed by atoms with Crippen molar-refractivity contribution in [1.82, 2.24) is 20.9 Å². The van der Waals surface area contributed by atoms with Crippen LogP contribution in [0.2, 0.25) is 4.47 Å². The number of nitro groups is 1. The van der Waals surface area contributed by atoms with Gasteiger partial charge in [0.25, 0.3) is 18.2 Å². The van der Waals surface area contributed by atoms with Crippen LogP contribution in [0.3, 0.4) is 0 Å². The molecule has 0 bridgehead atoms. The fraction of sp³-hybridized carbons (Fsp3) is 0.304. The van der Waals surface area contributed by atoms with Crippen molar-refractivity contribution in [3.05, 3.63) is 84.5 Å². The van der Waals surface area contributed by atoms with Gasteiger partial charge in [0.15, 0.2) is 9.50 Å². The van der Waals surface area contributed by atoms with E-state index in [9.17, 15) is 19.7 Å². The van der Waals surface area contributed by atoms with Crippen molar-refractivity contribution >= 4 is 40.8 Å². The first-order valence-corrected chi connectivity index (χ1v) is 12.3. The molecule has 12 nitrogen and oxygen atoms in total. The summed E-state index contributed by atoms with van der Waals surface area (Å²) in [6.45, 7) is 2.06. The Bertz CT molecular complexity index is 1310. The van der Waals surface area contributed by atoms with E-state index in [2.05, 4.69) is 38.2 Å². The number of thiazole rings is 1. The summed E-state index contributed by atoms with van der Waals surface area (Å²) in [5, 5.41) is 20.7. The molecule has 1 aromatic carbocycles. The molecule has 2 aromatic rings. The Morgan fingerprint density at radius 1 is 1.43 bits per heavy atom. The van der Waals surface area contributed by atoms with Crippen LogP contribution in [0.15, 0.2) is 59.0 Å². The third-order valence-corrected chi connectivity index (χ3v) is 6.93. The molecule has 0 saturated carbocycles. The highest BCUT2D eigenvalue weighted by atomic mass is 35.5. The van der Waals surface area contributed by atoms with Crippen LogP contribution in [-0.2, 0) is 32.0 Å². The van der Waals surface area contributed by atoms with Crippen LogP contribution < -0.4 is 16.0 Å². The number of halogens is 1. The number of ether oxygens (including phenoxy) is 2. The number of cyclic esters (lactones) is 1. The van der Waals surface area contributed by atoms with Crippen LogP contribution in [0.25, 0.3) is 0 Å². The Kier molecular flexibility index (Phi) is 8.04. The zero-order valence-corrected chi connectivity index (χ0v) is 21.3.